The second-order valence-electron chi connectivity index (χ2n) is 2.66. The van der Waals surface area contributed by atoms with E-state index < -0.39 is 0 Å². The number of nitrogens with zero attached hydrogens (tertiary/aromatic N) is 3. The van der Waals surface area contributed by atoms with Crippen LogP contribution in [0.15, 0.2) is 35.2 Å². The van der Waals surface area contributed by atoms with Gasteiger partial charge < -0.3 is 4.74 Å². The zero-order valence-electron chi connectivity index (χ0n) is 7.51. The molecule has 2 rings (SSSR count). The molecule has 2 aromatic rings. The van der Waals surface area contributed by atoms with Crippen molar-refractivity contribution in [2.24, 2.45) is 0 Å². The number of ether oxygens (including phenoxy) is 1. The Morgan fingerprint density at radius 2 is 2.21 bits per heavy atom. The molecule has 0 unspecified atom stereocenters. The van der Waals surface area contributed by atoms with Crippen molar-refractivity contribution >= 4 is 15.9 Å². The molecule has 0 fully saturated rings. The van der Waals surface area contributed by atoms with Crippen LogP contribution in [0.5, 0.6) is 5.88 Å². The van der Waals surface area contributed by atoms with Gasteiger partial charge in [-0.3, -0.25) is 0 Å². The Balaban J connectivity index is 2.33. The Labute approximate surface area is 89.7 Å². The van der Waals surface area contributed by atoms with Crippen molar-refractivity contribution in [2.75, 3.05) is 7.11 Å². The van der Waals surface area contributed by atoms with Crippen molar-refractivity contribution in [3.05, 3.63) is 35.2 Å². The average Bonchev–Trinajstić information content (AvgIpc) is 2.65. The summed E-state index contributed by atoms with van der Waals surface area (Å²) in [6, 6.07) is 3.69. The molecule has 0 spiro atoms. The average molecular weight is 254 g/mol. The molecular formula is C9H8BrN3O. The number of rotatable bonds is 2. The number of aromatic nitrogens is 3. The molecule has 5 heteroatoms. The van der Waals surface area contributed by atoms with Gasteiger partial charge in [-0.15, -0.1) is 0 Å². The van der Waals surface area contributed by atoms with Crippen molar-refractivity contribution in [1.82, 2.24) is 14.8 Å². The molecule has 0 amide bonds. The monoisotopic (exact) mass is 253 g/mol. The molecule has 0 saturated heterocycles. The van der Waals surface area contributed by atoms with Crippen LogP contribution in [-0.4, -0.2) is 21.9 Å². The maximum Gasteiger partial charge on any atom is 0.213 e. The van der Waals surface area contributed by atoms with Gasteiger partial charge in [0.2, 0.25) is 5.88 Å². The first-order chi connectivity index (χ1) is 6.79. The zero-order chi connectivity index (χ0) is 9.97. The van der Waals surface area contributed by atoms with Crippen molar-refractivity contribution in [1.29, 1.82) is 0 Å². The molecule has 0 aliphatic rings. The van der Waals surface area contributed by atoms with Gasteiger partial charge >= 0.3 is 0 Å². The van der Waals surface area contributed by atoms with E-state index in [4.69, 9.17) is 4.74 Å². The number of pyridine rings is 1. The van der Waals surface area contributed by atoms with Gasteiger partial charge in [0.25, 0.3) is 0 Å². The van der Waals surface area contributed by atoms with Gasteiger partial charge in [-0.05, 0) is 22.0 Å². The summed E-state index contributed by atoms with van der Waals surface area (Å²) in [5.41, 5.74) is 0.900. The van der Waals surface area contributed by atoms with Crippen LogP contribution in [0.2, 0.25) is 0 Å². The van der Waals surface area contributed by atoms with E-state index in [9.17, 15) is 0 Å². The lowest BCUT2D eigenvalue weighted by Crippen LogP contribution is -1.95. The van der Waals surface area contributed by atoms with Gasteiger partial charge in [0.05, 0.1) is 29.7 Å². The van der Waals surface area contributed by atoms with Gasteiger partial charge in [0.15, 0.2) is 0 Å². The summed E-state index contributed by atoms with van der Waals surface area (Å²) in [4.78, 5) is 4.08. The molecule has 4 nitrogen and oxygen atoms in total. The molecule has 0 radical (unpaired) electrons. The second-order valence-corrected chi connectivity index (χ2v) is 3.58. The summed E-state index contributed by atoms with van der Waals surface area (Å²) in [5.74, 6) is 0.597. The Hall–Kier alpha value is -1.36. The highest BCUT2D eigenvalue weighted by atomic mass is 79.9. The number of hydrogen-bond donors (Lipinski definition) is 0. The van der Waals surface area contributed by atoms with E-state index in [-0.39, 0.29) is 0 Å². The van der Waals surface area contributed by atoms with E-state index >= 15 is 0 Å². The van der Waals surface area contributed by atoms with Crippen molar-refractivity contribution in [3.8, 4) is 11.6 Å². The molecule has 0 aliphatic heterocycles. The fraction of sp³-hybridized carbons (Fsp3) is 0.111. The molecule has 0 aliphatic carbocycles. The van der Waals surface area contributed by atoms with Crippen LogP contribution in [-0.2, 0) is 0 Å². The number of halogens is 1. The Morgan fingerprint density at radius 1 is 1.36 bits per heavy atom. The van der Waals surface area contributed by atoms with Crippen LogP contribution in [0.1, 0.15) is 0 Å². The molecule has 72 valence electrons. The minimum Gasteiger partial charge on any atom is -0.481 e. The highest BCUT2D eigenvalue weighted by molar-refractivity contribution is 9.10. The van der Waals surface area contributed by atoms with Crippen molar-refractivity contribution in [2.45, 2.75) is 0 Å². The third-order valence-electron chi connectivity index (χ3n) is 1.75. The predicted molar refractivity (Wildman–Crippen MR) is 55.6 cm³/mol. The molecule has 0 bridgehead atoms. The summed E-state index contributed by atoms with van der Waals surface area (Å²) in [6.45, 7) is 0. The van der Waals surface area contributed by atoms with Gasteiger partial charge in [-0.25, -0.2) is 9.67 Å². The summed E-state index contributed by atoms with van der Waals surface area (Å²) in [5, 5.41) is 4.13. The number of methoxy groups -OCH3 is 1. The van der Waals surface area contributed by atoms with Crippen molar-refractivity contribution < 1.29 is 4.74 Å². The summed E-state index contributed by atoms with van der Waals surface area (Å²) < 4.78 is 7.63. The minimum atomic E-state index is 0.597. The smallest absolute Gasteiger partial charge is 0.213 e. The third kappa shape index (κ3) is 1.77. The summed E-state index contributed by atoms with van der Waals surface area (Å²) >= 11 is 3.33. The summed E-state index contributed by atoms with van der Waals surface area (Å²) in [6.07, 6.45) is 5.30. The molecule has 0 N–H and O–H groups in total. The Kier molecular flexibility index (Phi) is 2.49. The van der Waals surface area contributed by atoms with Gasteiger partial charge in [-0.1, -0.05) is 0 Å². The van der Waals surface area contributed by atoms with Crippen LogP contribution in [0.3, 0.4) is 0 Å². The quantitative estimate of drug-likeness (QED) is 0.823. The van der Waals surface area contributed by atoms with E-state index in [1.807, 2.05) is 12.3 Å². The first-order valence-corrected chi connectivity index (χ1v) is 4.79. The molecule has 0 saturated carbocycles. The van der Waals surface area contributed by atoms with Crippen LogP contribution >= 0.6 is 15.9 Å². The largest absolute Gasteiger partial charge is 0.481 e. The van der Waals surface area contributed by atoms with E-state index in [0.717, 1.165) is 10.2 Å². The maximum absolute atomic E-state index is 4.96. The molecule has 0 aromatic carbocycles. The lowest BCUT2D eigenvalue weighted by atomic mass is 10.4. The van der Waals surface area contributed by atoms with E-state index in [1.165, 1.54) is 0 Å². The van der Waals surface area contributed by atoms with E-state index in [1.54, 1.807) is 30.3 Å². The van der Waals surface area contributed by atoms with Gasteiger partial charge in [-0.2, -0.15) is 5.10 Å². The van der Waals surface area contributed by atoms with Gasteiger partial charge in [0, 0.05) is 12.3 Å². The number of hydrogen-bond acceptors (Lipinski definition) is 3. The van der Waals surface area contributed by atoms with Crippen LogP contribution in [0.4, 0.5) is 0 Å². The fourth-order valence-electron chi connectivity index (χ4n) is 1.07. The predicted octanol–water partition coefficient (Wildman–Crippen LogP) is 2.04. The summed E-state index contributed by atoms with van der Waals surface area (Å²) in [7, 11) is 1.59. The molecule has 0 atom stereocenters. The Bertz CT molecular complexity index is 424. The third-order valence-corrected chi connectivity index (χ3v) is 2.15. The normalized spacial score (nSPS) is 10.1. The highest BCUT2D eigenvalue weighted by Gasteiger charge is 1.99. The first-order valence-electron chi connectivity index (χ1n) is 4.00. The second kappa shape index (κ2) is 3.79. The topological polar surface area (TPSA) is 39.9 Å². The van der Waals surface area contributed by atoms with Crippen LogP contribution in [0.25, 0.3) is 5.69 Å². The van der Waals surface area contributed by atoms with Crippen LogP contribution < -0.4 is 4.74 Å². The lowest BCUT2D eigenvalue weighted by molar-refractivity contribution is 0.397. The van der Waals surface area contributed by atoms with E-state index in [0.29, 0.717) is 5.88 Å². The molecule has 2 aromatic heterocycles. The maximum atomic E-state index is 4.96. The van der Waals surface area contributed by atoms with Crippen LogP contribution in [0, 0.1) is 0 Å². The minimum absolute atomic E-state index is 0.597. The molecule has 2 heterocycles. The van der Waals surface area contributed by atoms with Crippen molar-refractivity contribution in [3.63, 3.8) is 0 Å². The fourth-order valence-corrected chi connectivity index (χ4v) is 1.36. The molecule has 14 heavy (non-hydrogen) atoms. The zero-order valence-corrected chi connectivity index (χ0v) is 9.10. The highest BCUT2D eigenvalue weighted by Crippen LogP contribution is 2.13. The Morgan fingerprint density at radius 3 is 2.71 bits per heavy atom. The standard InChI is InChI=1S/C9H8BrN3O/c1-14-9-3-2-8(5-11-9)13-6-7(10)4-12-13/h2-6H,1H3. The first kappa shape index (κ1) is 9.21. The lowest BCUT2D eigenvalue weighted by Gasteiger charge is -2.01. The molecular weight excluding hydrogens is 246 g/mol. The van der Waals surface area contributed by atoms with E-state index in [2.05, 4.69) is 26.0 Å². The van der Waals surface area contributed by atoms with Gasteiger partial charge in [0.1, 0.15) is 0 Å². The SMILES string of the molecule is COc1ccc(-n2cc(Br)cn2)cn1.